The minimum absolute atomic E-state index is 0.0311. The number of carbonyl (C=O) groups excluding carboxylic acids is 1. The van der Waals surface area contributed by atoms with Gasteiger partial charge in [0.1, 0.15) is 0 Å². The molecule has 2 aliphatic rings. The Kier molecular flexibility index (Phi) is 7.54. The summed E-state index contributed by atoms with van der Waals surface area (Å²) >= 11 is 1.42. The van der Waals surface area contributed by atoms with E-state index in [0.29, 0.717) is 24.4 Å². The Labute approximate surface area is 153 Å². The molecule has 0 atom stereocenters. The summed E-state index contributed by atoms with van der Waals surface area (Å²) in [6.07, 6.45) is 12.3. The van der Waals surface area contributed by atoms with E-state index in [-0.39, 0.29) is 5.91 Å². The Morgan fingerprint density at radius 1 is 1.16 bits per heavy atom. The van der Waals surface area contributed by atoms with Gasteiger partial charge in [-0.1, -0.05) is 43.9 Å². The lowest BCUT2D eigenvalue weighted by atomic mass is 9.98. The summed E-state index contributed by atoms with van der Waals surface area (Å²) in [6, 6.07) is 0.400. The minimum atomic E-state index is 0.0311. The van der Waals surface area contributed by atoms with Crippen LogP contribution in [0.1, 0.15) is 70.3 Å². The van der Waals surface area contributed by atoms with Crippen molar-refractivity contribution < 1.29 is 9.53 Å². The van der Waals surface area contributed by atoms with Crippen LogP contribution in [0.15, 0.2) is 5.16 Å². The van der Waals surface area contributed by atoms with Crippen LogP contribution >= 0.6 is 11.8 Å². The average molecular weight is 368 g/mol. The lowest BCUT2D eigenvalue weighted by molar-refractivity contribution is -0.118. The van der Waals surface area contributed by atoms with Crippen LogP contribution in [0.2, 0.25) is 0 Å². The van der Waals surface area contributed by atoms with Crippen LogP contribution in [0.4, 0.5) is 0 Å². The first-order chi connectivity index (χ1) is 12.3. The van der Waals surface area contributed by atoms with Crippen molar-refractivity contribution in [3.8, 4) is 0 Å². The molecule has 7 nitrogen and oxygen atoms in total. The van der Waals surface area contributed by atoms with E-state index in [9.17, 15) is 4.79 Å². The first-order valence-electron chi connectivity index (χ1n) is 9.62. The molecule has 0 unspecified atom stereocenters. The van der Waals surface area contributed by atoms with Crippen LogP contribution in [0, 0.1) is 0 Å². The number of nitrogens with one attached hydrogen (secondary N) is 1. The number of tetrazole rings is 1. The maximum atomic E-state index is 12.0. The smallest absolute Gasteiger partial charge is 0.230 e. The molecule has 1 aromatic rings. The molecule has 3 rings (SSSR count). The van der Waals surface area contributed by atoms with Crippen molar-refractivity contribution in [2.75, 3.05) is 18.9 Å². The maximum Gasteiger partial charge on any atom is 0.230 e. The Morgan fingerprint density at radius 2 is 1.92 bits per heavy atom. The number of carbonyl (C=O) groups is 1. The summed E-state index contributed by atoms with van der Waals surface area (Å²) in [5.41, 5.74) is 0. The Hall–Kier alpha value is -1.15. The van der Waals surface area contributed by atoms with Gasteiger partial charge < -0.3 is 10.1 Å². The Morgan fingerprint density at radius 3 is 2.72 bits per heavy atom. The first-order valence-corrected chi connectivity index (χ1v) is 10.6. The van der Waals surface area contributed by atoms with Crippen LogP contribution in [0.5, 0.6) is 0 Å². The lowest BCUT2D eigenvalue weighted by Gasteiger charge is -2.21. The fourth-order valence-corrected chi connectivity index (χ4v) is 4.40. The van der Waals surface area contributed by atoms with E-state index in [4.69, 9.17) is 4.74 Å². The number of ether oxygens (including phenoxy) is 1. The van der Waals surface area contributed by atoms with E-state index in [1.54, 1.807) is 0 Å². The van der Waals surface area contributed by atoms with Crippen molar-refractivity contribution in [3.05, 3.63) is 0 Å². The molecule has 2 saturated carbocycles. The molecule has 1 amide bonds. The molecule has 0 aliphatic heterocycles. The van der Waals surface area contributed by atoms with E-state index < -0.39 is 0 Å². The minimum Gasteiger partial charge on any atom is -0.378 e. The predicted molar refractivity (Wildman–Crippen MR) is 96.5 cm³/mol. The number of rotatable bonds is 9. The van der Waals surface area contributed by atoms with Crippen molar-refractivity contribution in [2.45, 2.75) is 81.5 Å². The number of thioether (sulfide) groups is 1. The zero-order valence-electron chi connectivity index (χ0n) is 14.9. The van der Waals surface area contributed by atoms with Gasteiger partial charge in [-0.05, 0) is 42.5 Å². The molecule has 1 aromatic heterocycles. The topological polar surface area (TPSA) is 81.9 Å². The Balaban J connectivity index is 1.27. The highest BCUT2D eigenvalue weighted by Crippen LogP contribution is 2.31. The van der Waals surface area contributed by atoms with Crippen molar-refractivity contribution in [3.63, 3.8) is 0 Å². The lowest BCUT2D eigenvalue weighted by Crippen LogP contribution is -2.27. The van der Waals surface area contributed by atoms with Gasteiger partial charge in [0.2, 0.25) is 11.1 Å². The van der Waals surface area contributed by atoms with Gasteiger partial charge in [-0.15, -0.1) is 5.10 Å². The molecule has 2 aliphatic carbocycles. The molecule has 0 saturated heterocycles. The molecule has 1 heterocycles. The number of hydrogen-bond donors (Lipinski definition) is 1. The summed E-state index contributed by atoms with van der Waals surface area (Å²) in [5, 5.41) is 15.6. The summed E-state index contributed by atoms with van der Waals surface area (Å²) < 4.78 is 7.76. The van der Waals surface area contributed by atoms with Crippen LogP contribution in [0.25, 0.3) is 0 Å². The molecule has 0 bridgehead atoms. The molecule has 1 N–H and O–H groups in total. The molecule has 0 radical (unpaired) electrons. The largest absolute Gasteiger partial charge is 0.378 e. The predicted octanol–water partition coefficient (Wildman–Crippen LogP) is 2.74. The van der Waals surface area contributed by atoms with E-state index >= 15 is 0 Å². The standard InChI is InChI=1S/C17H29N5O2S/c23-16(18-11-6-12-24-15-9-2-1-3-10-15)13-25-17-19-20-21-22(17)14-7-4-5-8-14/h14-15H,1-13H2,(H,18,23). The second-order valence-corrected chi connectivity index (χ2v) is 7.91. The van der Waals surface area contributed by atoms with Gasteiger partial charge in [0.25, 0.3) is 0 Å². The van der Waals surface area contributed by atoms with E-state index in [1.165, 1.54) is 56.7 Å². The third-order valence-electron chi connectivity index (χ3n) is 5.01. The first kappa shape index (κ1) is 18.6. The van der Waals surface area contributed by atoms with Crippen molar-refractivity contribution in [2.24, 2.45) is 0 Å². The van der Waals surface area contributed by atoms with Gasteiger partial charge >= 0.3 is 0 Å². The highest BCUT2D eigenvalue weighted by Gasteiger charge is 2.22. The summed E-state index contributed by atoms with van der Waals surface area (Å²) in [4.78, 5) is 12.0. The van der Waals surface area contributed by atoms with Crippen LogP contribution in [-0.4, -0.2) is 51.1 Å². The number of nitrogens with zero attached hydrogens (tertiary/aromatic N) is 4. The van der Waals surface area contributed by atoms with Gasteiger partial charge in [0.05, 0.1) is 17.9 Å². The third-order valence-corrected chi connectivity index (χ3v) is 5.95. The van der Waals surface area contributed by atoms with Gasteiger partial charge in [-0.3, -0.25) is 4.79 Å². The molecular weight excluding hydrogens is 338 g/mol. The molecule has 2 fully saturated rings. The zero-order valence-corrected chi connectivity index (χ0v) is 15.7. The molecule has 25 heavy (non-hydrogen) atoms. The molecule has 0 spiro atoms. The van der Waals surface area contributed by atoms with E-state index in [2.05, 4.69) is 20.8 Å². The number of amides is 1. The summed E-state index contributed by atoms with van der Waals surface area (Å²) in [5.74, 6) is 0.389. The summed E-state index contributed by atoms with van der Waals surface area (Å²) in [6.45, 7) is 1.40. The highest BCUT2D eigenvalue weighted by atomic mass is 32.2. The second-order valence-electron chi connectivity index (χ2n) is 6.97. The van der Waals surface area contributed by atoms with Crippen molar-refractivity contribution in [1.82, 2.24) is 25.5 Å². The monoisotopic (exact) mass is 367 g/mol. The Bertz CT molecular complexity index is 527. The quantitative estimate of drug-likeness (QED) is 0.534. The molecule has 8 heteroatoms. The van der Waals surface area contributed by atoms with Crippen LogP contribution in [0.3, 0.4) is 0 Å². The van der Waals surface area contributed by atoms with E-state index in [1.807, 2.05) is 4.68 Å². The SMILES string of the molecule is O=C(CSc1nnnn1C1CCCC1)NCCCOC1CCCCC1. The van der Waals surface area contributed by atoms with Crippen LogP contribution in [-0.2, 0) is 9.53 Å². The fraction of sp³-hybridized carbons (Fsp3) is 0.882. The van der Waals surface area contributed by atoms with Gasteiger partial charge in [0, 0.05) is 13.2 Å². The van der Waals surface area contributed by atoms with Gasteiger partial charge in [-0.2, -0.15) is 0 Å². The maximum absolute atomic E-state index is 12.0. The highest BCUT2D eigenvalue weighted by molar-refractivity contribution is 7.99. The fourth-order valence-electron chi connectivity index (χ4n) is 3.62. The van der Waals surface area contributed by atoms with Gasteiger partial charge in [0.15, 0.2) is 0 Å². The number of hydrogen-bond acceptors (Lipinski definition) is 6. The van der Waals surface area contributed by atoms with Crippen molar-refractivity contribution >= 4 is 17.7 Å². The van der Waals surface area contributed by atoms with E-state index in [0.717, 1.165) is 31.0 Å². The third kappa shape index (κ3) is 5.95. The summed E-state index contributed by atoms with van der Waals surface area (Å²) in [7, 11) is 0. The molecule has 140 valence electrons. The molecular formula is C17H29N5O2S. The molecule has 0 aromatic carbocycles. The van der Waals surface area contributed by atoms with Crippen molar-refractivity contribution in [1.29, 1.82) is 0 Å². The number of aromatic nitrogens is 4. The van der Waals surface area contributed by atoms with Gasteiger partial charge in [-0.25, -0.2) is 4.68 Å². The normalized spacial score (nSPS) is 19.4. The van der Waals surface area contributed by atoms with Crippen LogP contribution < -0.4 is 5.32 Å². The zero-order chi connectivity index (χ0) is 17.3. The average Bonchev–Trinajstić information content (AvgIpc) is 3.31. The second kappa shape index (κ2) is 10.1.